The lowest BCUT2D eigenvalue weighted by Gasteiger charge is -2.20. The van der Waals surface area contributed by atoms with Crippen LogP contribution in [0.4, 0.5) is 0 Å². The average molecular weight is 932 g/mol. The average Bonchev–Trinajstić information content (AvgIpc) is 3.30. The van der Waals surface area contributed by atoms with Crippen LogP contribution in [-0.4, -0.2) is 61.4 Å². The van der Waals surface area contributed by atoms with Gasteiger partial charge in [0.15, 0.2) is 6.10 Å². The third-order valence-electron chi connectivity index (χ3n) is 11.5. The van der Waals surface area contributed by atoms with Gasteiger partial charge in [-0.3, -0.25) is 23.4 Å². The van der Waals surface area contributed by atoms with Gasteiger partial charge < -0.3 is 19.7 Å². The smallest absolute Gasteiger partial charge is 0.462 e. The highest BCUT2D eigenvalue weighted by atomic mass is 31.2. The van der Waals surface area contributed by atoms with E-state index in [-0.39, 0.29) is 44.9 Å². The quantitative estimate of drug-likeness (QED) is 0.0378. The molecule has 0 heterocycles. The second-order valence-electron chi connectivity index (χ2n) is 17.3. The van der Waals surface area contributed by atoms with Crippen molar-refractivity contribution in [3.63, 3.8) is 0 Å². The highest BCUT2D eigenvalue weighted by molar-refractivity contribution is 7.73. The van der Waals surface area contributed by atoms with Gasteiger partial charge in [0, 0.05) is 25.8 Å². The van der Waals surface area contributed by atoms with E-state index in [1.165, 1.54) is 133 Å². The zero-order chi connectivity index (χ0) is 46.2. The number of amides is 1. The summed E-state index contributed by atoms with van der Waals surface area (Å²) >= 11 is 0. The number of carbonyl (C=O) groups excluding carboxylic acids is 3. The van der Waals surface area contributed by atoms with Crippen LogP contribution in [-0.2, 0) is 37.5 Å². The predicted octanol–water partition coefficient (Wildman–Crippen LogP) is 13.2. The summed E-state index contributed by atoms with van der Waals surface area (Å²) < 4.78 is 34.3. The molecule has 64 heavy (non-hydrogen) atoms. The number of hydrogen-bond donors (Lipinski definition) is 2. The summed E-state index contributed by atoms with van der Waals surface area (Å²) in [5.74, 6) is -1.06. The van der Waals surface area contributed by atoms with E-state index in [1.807, 2.05) is 36.4 Å². The standard InChI is InChI=1S/C52H87NO9P2/c1-3-5-7-9-11-13-15-17-19-21-23-25-33-39-51(55)59-45-47(62-52(56)40-34-26-24-22-20-18-16-14-12-10-8-6-4-2)46-61-64(57,58)60-43-42-53-50(54)41-44-63(48-35-29-27-30-36-48)49-37-31-28-32-38-49/h27-32,35-38,47H,3-26,33-34,39-46H2,1-2H3,(H,53,54)(H,57,58)/t47-/m1/s1. The second-order valence-corrected chi connectivity index (χ2v) is 21.1. The number of nitrogens with one attached hydrogen (secondary N) is 1. The summed E-state index contributed by atoms with van der Waals surface area (Å²) in [7, 11) is -5.31. The SMILES string of the molecule is CCCCCCCCCCCCCCCC(=O)OC[C@H](COP(=O)(O)OCCNC(=O)CCP(c1ccccc1)c1ccccc1)OC(=O)CCCCCCCCCCCCCCC. The van der Waals surface area contributed by atoms with Gasteiger partial charge in [-0.05, 0) is 37.5 Å². The Labute approximate surface area is 389 Å². The van der Waals surface area contributed by atoms with Crippen LogP contribution in [0.3, 0.4) is 0 Å². The van der Waals surface area contributed by atoms with E-state index in [4.69, 9.17) is 18.5 Å². The van der Waals surface area contributed by atoms with Crippen molar-refractivity contribution in [2.45, 2.75) is 206 Å². The molecule has 364 valence electrons. The van der Waals surface area contributed by atoms with Gasteiger partial charge in [0.05, 0.1) is 13.2 Å². The molecule has 2 aromatic carbocycles. The fourth-order valence-corrected chi connectivity index (χ4v) is 10.7. The molecule has 10 nitrogen and oxygen atoms in total. The van der Waals surface area contributed by atoms with Crippen molar-refractivity contribution in [3.05, 3.63) is 60.7 Å². The number of benzene rings is 2. The number of phosphoric ester groups is 1. The molecule has 0 fully saturated rings. The van der Waals surface area contributed by atoms with Crippen molar-refractivity contribution in [2.24, 2.45) is 0 Å². The maximum atomic E-state index is 12.8. The fraction of sp³-hybridized carbons (Fsp3) is 0.712. The molecule has 0 aromatic heterocycles. The molecule has 2 N–H and O–H groups in total. The van der Waals surface area contributed by atoms with Crippen LogP contribution in [0.25, 0.3) is 0 Å². The summed E-state index contributed by atoms with van der Waals surface area (Å²) in [6.07, 6.45) is 31.6. The molecular formula is C52H87NO9P2. The Bertz CT molecular complexity index is 1440. The third kappa shape index (κ3) is 32.1. The minimum Gasteiger partial charge on any atom is -0.462 e. The van der Waals surface area contributed by atoms with E-state index in [0.29, 0.717) is 19.0 Å². The first-order chi connectivity index (χ1) is 31.2. The van der Waals surface area contributed by atoms with Crippen molar-refractivity contribution in [2.75, 3.05) is 32.5 Å². The van der Waals surface area contributed by atoms with Crippen LogP contribution in [0, 0.1) is 0 Å². The molecule has 0 radical (unpaired) electrons. The summed E-state index contributed by atoms with van der Waals surface area (Å²) in [5, 5.41) is 5.14. The molecule has 1 unspecified atom stereocenters. The van der Waals surface area contributed by atoms with Crippen molar-refractivity contribution in [3.8, 4) is 0 Å². The van der Waals surface area contributed by atoms with Crippen molar-refractivity contribution in [1.29, 1.82) is 0 Å². The lowest BCUT2D eigenvalue weighted by atomic mass is 10.0. The molecule has 2 rings (SSSR count). The molecule has 0 saturated carbocycles. The molecule has 0 saturated heterocycles. The predicted molar refractivity (Wildman–Crippen MR) is 265 cm³/mol. The highest BCUT2D eigenvalue weighted by Crippen LogP contribution is 2.43. The molecule has 0 spiro atoms. The van der Waals surface area contributed by atoms with E-state index in [1.54, 1.807) is 0 Å². The van der Waals surface area contributed by atoms with E-state index >= 15 is 0 Å². The Kier molecular flexibility index (Phi) is 35.5. The molecule has 0 aliphatic heterocycles. The van der Waals surface area contributed by atoms with Gasteiger partial charge in [-0.2, -0.15) is 0 Å². The topological polar surface area (TPSA) is 137 Å². The minimum absolute atomic E-state index is 0.00961. The van der Waals surface area contributed by atoms with Gasteiger partial charge in [0.2, 0.25) is 5.91 Å². The summed E-state index contributed by atoms with van der Waals surface area (Å²) in [6, 6.07) is 20.3. The summed E-state index contributed by atoms with van der Waals surface area (Å²) in [5.41, 5.74) is 0. The zero-order valence-electron chi connectivity index (χ0n) is 40.0. The Hall–Kier alpha value is -2.61. The third-order valence-corrected chi connectivity index (χ3v) is 15.0. The molecule has 0 aliphatic carbocycles. The van der Waals surface area contributed by atoms with E-state index in [2.05, 4.69) is 43.4 Å². The van der Waals surface area contributed by atoms with Crippen LogP contribution in [0.5, 0.6) is 0 Å². The van der Waals surface area contributed by atoms with Gasteiger partial charge in [0.25, 0.3) is 0 Å². The van der Waals surface area contributed by atoms with Gasteiger partial charge >= 0.3 is 19.8 Å². The number of rotatable bonds is 43. The molecule has 1 amide bonds. The zero-order valence-corrected chi connectivity index (χ0v) is 41.8. The van der Waals surface area contributed by atoms with Crippen LogP contribution in [0.15, 0.2) is 60.7 Å². The molecule has 12 heteroatoms. The van der Waals surface area contributed by atoms with E-state index in [9.17, 15) is 23.8 Å². The van der Waals surface area contributed by atoms with Crippen molar-refractivity contribution in [1.82, 2.24) is 5.32 Å². The normalized spacial score (nSPS) is 12.8. The van der Waals surface area contributed by atoms with Gasteiger partial charge in [-0.25, -0.2) is 4.57 Å². The van der Waals surface area contributed by atoms with E-state index < -0.39 is 40.4 Å². The number of phosphoric acid groups is 1. The lowest BCUT2D eigenvalue weighted by Crippen LogP contribution is -2.30. The maximum Gasteiger partial charge on any atom is 0.472 e. The Morgan fingerprint density at radius 2 is 0.953 bits per heavy atom. The first-order valence-electron chi connectivity index (χ1n) is 25.3. The first-order valence-corrected chi connectivity index (χ1v) is 28.4. The Balaban J connectivity index is 1.73. The Morgan fingerprint density at radius 1 is 0.547 bits per heavy atom. The number of unbranched alkanes of at least 4 members (excludes halogenated alkanes) is 24. The van der Waals surface area contributed by atoms with E-state index in [0.717, 1.165) is 32.1 Å². The first kappa shape index (κ1) is 57.5. The summed E-state index contributed by atoms with van der Waals surface area (Å²) in [6.45, 7) is 3.47. The molecule has 2 aromatic rings. The number of ether oxygens (including phenoxy) is 2. The van der Waals surface area contributed by atoms with Crippen molar-refractivity contribution < 1.29 is 42.4 Å². The van der Waals surface area contributed by atoms with Gasteiger partial charge in [-0.1, -0.05) is 229 Å². The Morgan fingerprint density at radius 3 is 1.39 bits per heavy atom. The largest absolute Gasteiger partial charge is 0.472 e. The lowest BCUT2D eigenvalue weighted by molar-refractivity contribution is -0.161. The summed E-state index contributed by atoms with van der Waals surface area (Å²) in [4.78, 5) is 48.7. The fourth-order valence-electron chi connectivity index (χ4n) is 7.68. The van der Waals surface area contributed by atoms with Crippen LogP contribution >= 0.6 is 15.7 Å². The second kappa shape index (κ2) is 39.5. The number of esters is 2. The molecule has 0 bridgehead atoms. The minimum atomic E-state index is -4.58. The number of hydrogen-bond acceptors (Lipinski definition) is 8. The van der Waals surface area contributed by atoms with Gasteiger partial charge in [0.1, 0.15) is 6.61 Å². The highest BCUT2D eigenvalue weighted by Gasteiger charge is 2.26. The van der Waals surface area contributed by atoms with Gasteiger partial charge in [-0.15, -0.1) is 0 Å². The molecule has 2 atom stereocenters. The number of carbonyl (C=O) groups is 3. The van der Waals surface area contributed by atoms with Crippen LogP contribution < -0.4 is 15.9 Å². The van der Waals surface area contributed by atoms with Crippen LogP contribution in [0.1, 0.15) is 200 Å². The maximum absolute atomic E-state index is 12.8. The van der Waals surface area contributed by atoms with Crippen LogP contribution in [0.2, 0.25) is 0 Å². The van der Waals surface area contributed by atoms with Crippen molar-refractivity contribution >= 4 is 44.2 Å². The molecule has 0 aliphatic rings. The monoisotopic (exact) mass is 932 g/mol. The molecular weight excluding hydrogens is 845 g/mol.